The third kappa shape index (κ3) is 2.33. The average molecular weight is 223 g/mol. The summed E-state index contributed by atoms with van der Waals surface area (Å²) in [6.45, 7) is 5.67. The van der Waals surface area contributed by atoms with Crippen molar-refractivity contribution in [3.05, 3.63) is 23.3 Å². The number of phenolic OH excluding ortho intramolecular Hbond substituents is 2. The van der Waals surface area contributed by atoms with Crippen LogP contribution in [0.5, 0.6) is 11.5 Å². The van der Waals surface area contributed by atoms with Gasteiger partial charge in [0.05, 0.1) is 12.1 Å². The number of nitrogens with two attached hydrogens (primary N) is 1. The number of hydrogen-bond donors (Lipinski definition) is 3. The zero-order chi connectivity index (χ0) is 12.5. The number of carbonyl (C=O) groups excluding carboxylic acids is 1. The summed E-state index contributed by atoms with van der Waals surface area (Å²) in [4.78, 5) is 11.5. The molecule has 4 heteroatoms. The summed E-state index contributed by atoms with van der Waals surface area (Å²) in [6.07, 6.45) is 0. The Morgan fingerprint density at radius 3 is 2.31 bits per heavy atom. The summed E-state index contributed by atoms with van der Waals surface area (Å²) in [7, 11) is 0. The third-order valence-corrected chi connectivity index (χ3v) is 2.44. The molecule has 4 nitrogen and oxygen atoms in total. The van der Waals surface area contributed by atoms with E-state index in [1.54, 1.807) is 6.07 Å². The number of phenols is 2. The largest absolute Gasteiger partial charge is 0.504 e. The molecule has 0 aliphatic rings. The summed E-state index contributed by atoms with van der Waals surface area (Å²) in [5.74, 6) is -1.08. The van der Waals surface area contributed by atoms with Crippen LogP contribution in [0.1, 0.15) is 36.7 Å². The first-order chi connectivity index (χ1) is 7.27. The number of rotatable bonds is 2. The summed E-state index contributed by atoms with van der Waals surface area (Å²) in [5, 5.41) is 19.1. The van der Waals surface area contributed by atoms with E-state index in [2.05, 4.69) is 0 Å². The lowest BCUT2D eigenvalue weighted by Crippen LogP contribution is -2.16. The molecule has 0 saturated carbocycles. The second-order valence-corrected chi connectivity index (χ2v) is 4.77. The Balaban J connectivity index is 3.39. The van der Waals surface area contributed by atoms with Crippen molar-refractivity contribution in [1.82, 2.24) is 0 Å². The first-order valence-electron chi connectivity index (χ1n) is 5.07. The Bertz CT molecular complexity index is 419. The molecule has 88 valence electrons. The quantitative estimate of drug-likeness (QED) is 0.524. The van der Waals surface area contributed by atoms with Crippen LogP contribution in [0.25, 0.3) is 0 Å². The molecule has 0 unspecified atom stereocenters. The number of Topliss-reactive ketones (excluding diaryl/α,β-unsaturated/α-hetero) is 1. The lowest BCUT2D eigenvalue weighted by molar-refractivity contribution is 0.0998. The molecule has 1 aromatic carbocycles. The van der Waals surface area contributed by atoms with Crippen LogP contribution < -0.4 is 5.73 Å². The highest BCUT2D eigenvalue weighted by atomic mass is 16.3. The van der Waals surface area contributed by atoms with Crippen molar-refractivity contribution >= 4 is 5.78 Å². The van der Waals surface area contributed by atoms with Crippen molar-refractivity contribution in [3.8, 4) is 11.5 Å². The SMILES string of the molecule is CC(C)(C)c1cc(O)c(O)c(C(=O)CN)c1. The number of hydrogen-bond acceptors (Lipinski definition) is 4. The van der Waals surface area contributed by atoms with Crippen molar-refractivity contribution in [1.29, 1.82) is 0 Å². The molecule has 0 atom stereocenters. The minimum Gasteiger partial charge on any atom is -0.504 e. The van der Waals surface area contributed by atoms with Gasteiger partial charge in [0.1, 0.15) is 0 Å². The smallest absolute Gasteiger partial charge is 0.180 e. The molecule has 0 amide bonds. The predicted molar refractivity (Wildman–Crippen MR) is 61.9 cm³/mol. The van der Waals surface area contributed by atoms with Gasteiger partial charge in [-0.25, -0.2) is 0 Å². The molecule has 1 rings (SSSR count). The summed E-state index contributed by atoms with van der Waals surface area (Å²) in [6, 6.07) is 3.03. The second-order valence-electron chi connectivity index (χ2n) is 4.77. The minimum absolute atomic E-state index is 0.0763. The van der Waals surface area contributed by atoms with Gasteiger partial charge in [-0.2, -0.15) is 0 Å². The lowest BCUT2D eigenvalue weighted by atomic mass is 9.85. The molecule has 1 aromatic rings. The van der Waals surface area contributed by atoms with E-state index in [1.807, 2.05) is 20.8 Å². The molecule has 0 radical (unpaired) electrons. The maximum atomic E-state index is 11.5. The van der Waals surface area contributed by atoms with Crippen LogP contribution in [-0.4, -0.2) is 22.5 Å². The molecule has 16 heavy (non-hydrogen) atoms. The van der Waals surface area contributed by atoms with Gasteiger partial charge in [-0.1, -0.05) is 20.8 Å². The topological polar surface area (TPSA) is 83.5 Å². The fraction of sp³-hybridized carbons (Fsp3) is 0.417. The van der Waals surface area contributed by atoms with E-state index in [1.165, 1.54) is 6.07 Å². The Morgan fingerprint density at radius 2 is 1.88 bits per heavy atom. The number of aromatic hydroxyl groups is 2. The van der Waals surface area contributed by atoms with Gasteiger partial charge in [0.25, 0.3) is 0 Å². The Labute approximate surface area is 94.7 Å². The number of benzene rings is 1. The van der Waals surface area contributed by atoms with Gasteiger partial charge >= 0.3 is 0 Å². The highest BCUT2D eigenvalue weighted by Crippen LogP contribution is 2.35. The third-order valence-electron chi connectivity index (χ3n) is 2.44. The normalized spacial score (nSPS) is 11.5. The standard InChI is InChI=1S/C12H17NO3/c1-12(2,3)7-4-8(10(15)6-13)11(16)9(14)5-7/h4-5,14,16H,6,13H2,1-3H3. The van der Waals surface area contributed by atoms with E-state index < -0.39 is 5.75 Å². The Kier molecular flexibility index (Phi) is 3.24. The van der Waals surface area contributed by atoms with Crippen LogP contribution in [0.3, 0.4) is 0 Å². The highest BCUT2D eigenvalue weighted by Gasteiger charge is 2.20. The Hall–Kier alpha value is -1.55. The van der Waals surface area contributed by atoms with E-state index in [4.69, 9.17) is 5.73 Å². The van der Waals surface area contributed by atoms with Gasteiger partial charge in [0, 0.05) is 0 Å². The van der Waals surface area contributed by atoms with Crippen molar-refractivity contribution in [2.24, 2.45) is 5.73 Å². The maximum Gasteiger partial charge on any atom is 0.180 e. The maximum absolute atomic E-state index is 11.5. The van der Waals surface area contributed by atoms with Crippen molar-refractivity contribution < 1.29 is 15.0 Å². The van der Waals surface area contributed by atoms with Crippen LogP contribution in [0.15, 0.2) is 12.1 Å². The van der Waals surface area contributed by atoms with Crippen LogP contribution in [-0.2, 0) is 5.41 Å². The molecule has 0 saturated heterocycles. The van der Waals surface area contributed by atoms with Crippen LogP contribution in [0.2, 0.25) is 0 Å². The monoisotopic (exact) mass is 223 g/mol. The fourth-order valence-electron chi connectivity index (χ4n) is 1.37. The lowest BCUT2D eigenvalue weighted by Gasteiger charge is -2.20. The molecule has 0 spiro atoms. The molecule has 0 heterocycles. The summed E-state index contributed by atoms with van der Waals surface area (Å²) in [5.41, 5.74) is 5.88. The minimum atomic E-state index is -0.400. The van der Waals surface area contributed by atoms with E-state index >= 15 is 0 Å². The van der Waals surface area contributed by atoms with Crippen LogP contribution in [0, 0.1) is 0 Å². The molecule has 4 N–H and O–H groups in total. The molecular weight excluding hydrogens is 206 g/mol. The average Bonchev–Trinajstić information content (AvgIpc) is 2.19. The van der Waals surface area contributed by atoms with Gasteiger partial charge in [0.2, 0.25) is 0 Å². The summed E-state index contributed by atoms with van der Waals surface area (Å²) >= 11 is 0. The van der Waals surface area contributed by atoms with Crippen molar-refractivity contribution in [2.45, 2.75) is 26.2 Å². The van der Waals surface area contributed by atoms with Gasteiger partial charge in [-0.3, -0.25) is 4.79 Å². The second kappa shape index (κ2) is 4.14. The molecule has 0 aromatic heterocycles. The molecular formula is C12H17NO3. The molecule has 0 fully saturated rings. The van der Waals surface area contributed by atoms with Crippen molar-refractivity contribution in [3.63, 3.8) is 0 Å². The van der Waals surface area contributed by atoms with Crippen LogP contribution in [0.4, 0.5) is 0 Å². The van der Waals surface area contributed by atoms with E-state index in [9.17, 15) is 15.0 Å². The predicted octanol–water partition coefficient (Wildman–Crippen LogP) is 1.54. The van der Waals surface area contributed by atoms with E-state index in [0.717, 1.165) is 5.56 Å². The van der Waals surface area contributed by atoms with E-state index in [0.29, 0.717) is 0 Å². The van der Waals surface area contributed by atoms with Crippen LogP contribution >= 0.6 is 0 Å². The Morgan fingerprint density at radius 1 is 1.31 bits per heavy atom. The number of ketones is 1. The zero-order valence-corrected chi connectivity index (χ0v) is 9.74. The zero-order valence-electron chi connectivity index (χ0n) is 9.74. The highest BCUT2D eigenvalue weighted by molar-refractivity contribution is 6.00. The summed E-state index contributed by atoms with van der Waals surface area (Å²) < 4.78 is 0. The van der Waals surface area contributed by atoms with E-state index in [-0.39, 0.29) is 29.1 Å². The fourth-order valence-corrected chi connectivity index (χ4v) is 1.37. The van der Waals surface area contributed by atoms with Gasteiger partial charge < -0.3 is 15.9 Å². The molecule has 0 aliphatic carbocycles. The first-order valence-corrected chi connectivity index (χ1v) is 5.07. The first kappa shape index (κ1) is 12.5. The van der Waals surface area contributed by atoms with Crippen molar-refractivity contribution in [2.75, 3.05) is 6.54 Å². The van der Waals surface area contributed by atoms with Gasteiger partial charge in [0.15, 0.2) is 17.3 Å². The number of carbonyl (C=O) groups is 1. The van der Waals surface area contributed by atoms with Gasteiger partial charge in [-0.05, 0) is 23.1 Å². The van der Waals surface area contributed by atoms with Gasteiger partial charge in [-0.15, -0.1) is 0 Å². The molecule has 0 bridgehead atoms. The molecule has 0 aliphatic heterocycles.